The minimum absolute atomic E-state index is 0.751. The summed E-state index contributed by atoms with van der Waals surface area (Å²) in [6.45, 7) is 0. The number of hydrogen-bond acceptors (Lipinski definition) is 1. The van der Waals surface area contributed by atoms with Crippen molar-refractivity contribution in [3.05, 3.63) is 0 Å². The molecule has 0 aliphatic heterocycles. The molecule has 0 spiro atoms. The van der Waals surface area contributed by atoms with Crippen LogP contribution in [0.15, 0.2) is 0 Å². The van der Waals surface area contributed by atoms with Crippen LogP contribution in [-0.2, 0) is 3.74 Å². The van der Waals surface area contributed by atoms with Crippen molar-refractivity contribution in [2.45, 2.75) is 91.2 Å². The van der Waals surface area contributed by atoms with Crippen molar-refractivity contribution in [1.82, 2.24) is 0 Å². The molecule has 2 heteroatoms. The van der Waals surface area contributed by atoms with Crippen molar-refractivity contribution in [2.75, 3.05) is 0 Å². The van der Waals surface area contributed by atoms with Crippen LogP contribution in [0.1, 0.15) is 77.0 Å². The Morgan fingerprint density at radius 1 is 0.478 bits per heavy atom. The Morgan fingerprint density at radius 3 is 1.04 bits per heavy atom. The van der Waals surface area contributed by atoms with Gasteiger partial charge in [0.1, 0.15) is 0 Å². The van der Waals surface area contributed by atoms with E-state index in [1.54, 1.807) is 0 Å². The molecular formula is C21H33AsO. The summed E-state index contributed by atoms with van der Waals surface area (Å²) >= 11 is -2.80. The molecule has 0 aromatic heterocycles. The Labute approximate surface area is 144 Å². The zero-order valence-electron chi connectivity index (χ0n) is 14.5. The van der Waals surface area contributed by atoms with Crippen LogP contribution in [0.25, 0.3) is 0 Å². The molecule has 0 amide bonds. The maximum absolute atomic E-state index is 15.1. The van der Waals surface area contributed by atoms with Gasteiger partial charge in [0.15, 0.2) is 0 Å². The molecule has 0 N–H and O–H groups in total. The maximum atomic E-state index is 15.1. The van der Waals surface area contributed by atoms with Crippen LogP contribution in [0.5, 0.6) is 0 Å². The van der Waals surface area contributed by atoms with E-state index in [1.165, 1.54) is 77.0 Å². The summed E-state index contributed by atoms with van der Waals surface area (Å²) in [5.74, 6) is 5.67. The Kier molecular flexibility index (Phi) is 3.13. The summed E-state index contributed by atoms with van der Waals surface area (Å²) in [5, 5.41) is 0. The van der Waals surface area contributed by atoms with Gasteiger partial charge in [0.05, 0.1) is 0 Å². The second-order valence-electron chi connectivity index (χ2n) is 10.5. The fourth-order valence-electron chi connectivity index (χ4n) is 8.85. The minimum atomic E-state index is -2.80. The molecule has 9 unspecified atom stereocenters. The summed E-state index contributed by atoms with van der Waals surface area (Å²) in [7, 11) is 0. The summed E-state index contributed by atoms with van der Waals surface area (Å²) in [5.41, 5.74) is 0. The van der Waals surface area contributed by atoms with Crippen molar-refractivity contribution < 1.29 is 3.74 Å². The van der Waals surface area contributed by atoms with E-state index in [-0.39, 0.29) is 0 Å². The van der Waals surface area contributed by atoms with Crippen molar-refractivity contribution in [3.8, 4) is 0 Å². The van der Waals surface area contributed by atoms with Crippen LogP contribution >= 0.6 is 0 Å². The van der Waals surface area contributed by atoms with Crippen LogP contribution in [0.3, 0.4) is 0 Å². The molecule has 6 aliphatic carbocycles. The Hall–Kier alpha value is 0.358. The van der Waals surface area contributed by atoms with Crippen molar-refractivity contribution in [1.29, 1.82) is 0 Å². The van der Waals surface area contributed by atoms with Crippen LogP contribution in [0.4, 0.5) is 0 Å². The first-order valence-electron chi connectivity index (χ1n) is 10.8. The van der Waals surface area contributed by atoms with Gasteiger partial charge in [0.25, 0.3) is 0 Å². The number of hydrogen-bond donors (Lipinski definition) is 0. The summed E-state index contributed by atoms with van der Waals surface area (Å²) in [6, 6.07) is 0. The number of rotatable bonds is 3. The van der Waals surface area contributed by atoms with E-state index in [9.17, 15) is 0 Å². The van der Waals surface area contributed by atoms with Gasteiger partial charge >= 0.3 is 144 Å². The van der Waals surface area contributed by atoms with Gasteiger partial charge in [-0.3, -0.25) is 0 Å². The normalized spacial score (nSPS) is 59.0. The van der Waals surface area contributed by atoms with Gasteiger partial charge in [-0.15, -0.1) is 0 Å². The van der Waals surface area contributed by atoms with Gasteiger partial charge < -0.3 is 0 Å². The van der Waals surface area contributed by atoms with Crippen LogP contribution in [-0.4, -0.2) is 13.5 Å². The van der Waals surface area contributed by atoms with E-state index in [1.807, 2.05) is 0 Å². The molecule has 9 atom stereocenters. The second-order valence-corrected chi connectivity index (χ2v) is 17.9. The zero-order chi connectivity index (χ0) is 15.2. The predicted molar refractivity (Wildman–Crippen MR) is 94.0 cm³/mol. The summed E-state index contributed by atoms with van der Waals surface area (Å²) < 4.78 is 17.3. The molecule has 0 saturated heterocycles. The molecule has 0 radical (unpaired) electrons. The fourth-order valence-corrected chi connectivity index (χ4v) is 21.8. The van der Waals surface area contributed by atoms with Crippen molar-refractivity contribution >= 4 is 13.5 Å². The number of fused-ring (bicyclic) bond motifs is 6. The van der Waals surface area contributed by atoms with Gasteiger partial charge in [-0.2, -0.15) is 0 Å². The molecule has 6 fully saturated rings. The summed E-state index contributed by atoms with van der Waals surface area (Å²) in [4.78, 5) is 0. The molecule has 1 nitrogen and oxygen atoms in total. The molecule has 6 aliphatic rings. The van der Waals surface area contributed by atoms with E-state index in [0.29, 0.717) is 0 Å². The zero-order valence-corrected chi connectivity index (χ0v) is 16.4. The van der Waals surface area contributed by atoms with E-state index < -0.39 is 13.5 Å². The molecule has 23 heavy (non-hydrogen) atoms. The second kappa shape index (κ2) is 4.96. The molecule has 0 heterocycles. The SMILES string of the molecule is O=[As](C1CC2CCC1C2)(C1CC2CCC1C2)C1CC2CCC1C2. The monoisotopic (exact) mass is 376 g/mol. The van der Waals surface area contributed by atoms with Gasteiger partial charge in [0, 0.05) is 0 Å². The predicted octanol–water partition coefficient (Wildman–Crippen LogP) is 5.93. The van der Waals surface area contributed by atoms with Crippen molar-refractivity contribution in [2.24, 2.45) is 35.5 Å². The van der Waals surface area contributed by atoms with E-state index >= 15 is 3.74 Å². The molecule has 128 valence electrons. The van der Waals surface area contributed by atoms with Gasteiger partial charge in [-0.25, -0.2) is 0 Å². The Bertz CT molecular complexity index is 480. The molecule has 0 aromatic rings. The average molecular weight is 376 g/mol. The van der Waals surface area contributed by atoms with Crippen LogP contribution < -0.4 is 0 Å². The van der Waals surface area contributed by atoms with Gasteiger partial charge in [0.2, 0.25) is 0 Å². The topological polar surface area (TPSA) is 17.1 Å². The molecule has 6 bridgehead atoms. The Morgan fingerprint density at radius 2 is 0.826 bits per heavy atom. The average Bonchev–Trinajstić information content (AvgIpc) is 3.40. The molecule has 0 aromatic carbocycles. The van der Waals surface area contributed by atoms with E-state index in [4.69, 9.17) is 0 Å². The molecular weight excluding hydrogens is 343 g/mol. The Balaban J connectivity index is 1.39. The third-order valence-electron chi connectivity index (χ3n) is 9.66. The van der Waals surface area contributed by atoms with E-state index in [2.05, 4.69) is 0 Å². The van der Waals surface area contributed by atoms with Crippen molar-refractivity contribution in [3.63, 3.8) is 0 Å². The first kappa shape index (κ1) is 14.5. The van der Waals surface area contributed by atoms with E-state index in [0.717, 1.165) is 49.6 Å². The van der Waals surface area contributed by atoms with Gasteiger partial charge in [-0.1, -0.05) is 0 Å². The first-order valence-corrected chi connectivity index (χ1v) is 14.8. The molecule has 6 rings (SSSR count). The molecule has 6 saturated carbocycles. The van der Waals surface area contributed by atoms with Gasteiger partial charge in [-0.05, 0) is 0 Å². The standard InChI is InChI=1S/C21H33AsO/c23-22(19-10-13-1-4-16(19)7-13,20-11-14-2-5-17(20)8-14)21-12-15-3-6-18(21)9-15/h13-21H,1-12H2. The third-order valence-corrected chi connectivity index (χ3v) is 20.2. The third kappa shape index (κ3) is 1.93. The first-order chi connectivity index (χ1) is 11.2. The quantitative estimate of drug-likeness (QED) is 0.558. The van der Waals surface area contributed by atoms with Crippen LogP contribution in [0, 0.1) is 35.5 Å². The fraction of sp³-hybridized carbons (Fsp3) is 1.00. The summed E-state index contributed by atoms with van der Waals surface area (Å²) in [6.07, 6.45) is 17.4. The van der Waals surface area contributed by atoms with Crippen LogP contribution in [0.2, 0.25) is 14.1 Å².